The second kappa shape index (κ2) is 7.43. The Labute approximate surface area is 164 Å². The van der Waals surface area contributed by atoms with Crippen molar-refractivity contribution in [3.8, 4) is 0 Å². The standard InChI is InChI=1S/C22H26N4S/c1-15-5-8-18-19(14-26(4)21(18)11-15)22(25(2)3)13-24-27-17-7-6-16-9-10-23-20(16)12-17/h5-12,14,22-24H,13H2,1-4H3. The summed E-state index contributed by atoms with van der Waals surface area (Å²) in [5.41, 5.74) is 5.13. The minimum atomic E-state index is 0.304. The van der Waals surface area contributed by atoms with Gasteiger partial charge >= 0.3 is 0 Å². The maximum Gasteiger partial charge on any atom is 0.0497 e. The summed E-state index contributed by atoms with van der Waals surface area (Å²) in [4.78, 5) is 6.79. The number of aromatic amines is 1. The molecule has 0 aliphatic rings. The molecule has 2 heterocycles. The van der Waals surface area contributed by atoms with E-state index in [0.29, 0.717) is 6.04 Å². The summed E-state index contributed by atoms with van der Waals surface area (Å²) in [5.74, 6) is 0. The lowest BCUT2D eigenvalue weighted by Crippen LogP contribution is -2.28. The van der Waals surface area contributed by atoms with Gasteiger partial charge in [-0.3, -0.25) is 4.72 Å². The molecule has 2 N–H and O–H groups in total. The van der Waals surface area contributed by atoms with Gasteiger partial charge in [-0.2, -0.15) is 0 Å². The lowest BCUT2D eigenvalue weighted by Gasteiger charge is -2.24. The molecule has 0 aliphatic heterocycles. The Hall–Kier alpha value is -2.21. The number of aryl methyl sites for hydroxylation is 2. The summed E-state index contributed by atoms with van der Waals surface area (Å²) in [7, 11) is 6.43. The smallest absolute Gasteiger partial charge is 0.0497 e. The molecule has 5 heteroatoms. The van der Waals surface area contributed by atoms with Crippen LogP contribution in [0.4, 0.5) is 0 Å². The van der Waals surface area contributed by atoms with Crippen LogP contribution < -0.4 is 4.72 Å². The van der Waals surface area contributed by atoms with Gasteiger partial charge in [0.05, 0.1) is 0 Å². The van der Waals surface area contributed by atoms with E-state index in [9.17, 15) is 0 Å². The van der Waals surface area contributed by atoms with Crippen molar-refractivity contribution >= 4 is 33.8 Å². The third-order valence-electron chi connectivity index (χ3n) is 5.15. The van der Waals surface area contributed by atoms with Crippen molar-refractivity contribution in [3.63, 3.8) is 0 Å². The first kappa shape index (κ1) is 18.2. The van der Waals surface area contributed by atoms with Crippen molar-refractivity contribution in [2.24, 2.45) is 7.05 Å². The van der Waals surface area contributed by atoms with Gasteiger partial charge in [-0.15, -0.1) is 0 Å². The lowest BCUT2D eigenvalue weighted by molar-refractivity contribution is 0.303. The first-order valence-corrected chi connectivity index (χ1v) is 10.0. The van der Waals surface area contributed by atoms with Crippen LogP contribution in [0.25, 0.3) is 21.8 Å². The third-order valence-corrected chi connectivity index (χ3v) is 5.95. The first-order valence-electron chi connectivity index (χ1n) is 9.22. The van der Waals surface area contributed by atoms with Gasteiger partial charge < -0.3 is 14.5 Å². The number of aromatic nitrogens is 2. The number of hydrogen-bond donors (Lipinski definition) is 2. The molecule has 2 aromatic heterocycles. The number of nitrogens with zero attached hydrogens (tertiary/aromatic N) is 2. The zero-order valence-electron chi connectivity index (χ0n) is 16.3. The van der Waals surface area contributed by atoms with Crippen LogP contribution in [0.1, 0.15) is 17.2 Å². The van der Waals surface area contributed by atoms with Crippen LogP contribution in [0.2, 0.25) is 0 Å². The maximum atomic E-state index is 3.58. The molecule has 1 atom stereocenters. The zero-order valence-corrected chi connectivity index (χ0v) is 17.1. The molecule has 0 fully saturated rings. The molecule has 0 saturated carbocycles. The second-order valence-electron chi connectivity index (χ2n) is 7.37. The van der Waals surface area contributed by atoms with Crippen LogP contribution in [-0.2, 0) is 7.05 Å². The summed E-state index contributed by atoms with van der Waals surface area (Å²) in [6, 6.07) is 15.6. The number of rotatable bonds is 6. The number of fused-ring (bicyclic) bond motifs is 2. The molecule has 0 aliphatic carbocycles. The Bertz CT molecular complexity index is 1080. The van der Waals surface area contributed by atoms with E-state index < -0.39 is 0 Å². The molecule has 27 heavy (non-hydrogen) atoms. The zero-order chi connectivity index (χ0) is 19.0. The fraction of sp³-hybridized carbons (Fsp3) is 0.273. The van der Waals surface area contributed by atoms with Gasteiger partial charge in [0.25, 0.3) is 0 Å². The molecule has 1 unspecified atom stereocenters. The summed E-state index contributed by atoms with van der Waals surface area (Å²) in [5, 5.41) is 2.58. The normalized spacial score (nSPS) is 13.1. The van der Waals surface area contributed by atoms with E-state index in [1.165, 1.54) is 37.8 Å². The van der Waals surface area contributed by atoms with Crippen molar-refractivity contribution in [2.75, 3.05) is 20.6 Å². The Kier molecular flexibility index (Phi) is 5.00. The summed E-state index contributed by atoms with van der Waals surface area (Å²) in [6.45, 7) is 3.02. The molecule has 4 aromatic rings. The SMILES string of the molecule is Cc1ccc2c(C(CNSc3ccc4cc[nH]c4c3)N(C)C)cn(C)c2c1. The fourth-order valence-electron chi connectivity index (χ4n) is 3.66. The summed E-state index contributed by atoms with van der Waals surface area (Å²) < 4.78 is 5.81. The molecule has 0 bridgehead atoms. The number of hydrogen-bond acceptors (Lipinski definition) is 3. The molecule has 4 nitrogen and oxygen atoms in total. The second-order valence-corrected chi connectivity index (χ2v) is 8.34. The van der Waals surface area contributed by atoms with Gasteiger partial charge in [-0.25, -0.2) is 0 Å². The van der Waals surface area contributed by atoms with Crippen LogP contribution in [0.15, 0.2) is 59.8 Å². The first-order chi connectivity index (χ1) is 13.0. The largest absolute Gasteiger partial charge is 0.361 e. The average Bonchev–Trinajstić information content (AvgIpc) is 3.22. The summed E-state index contributed by atoms with van der Waals surface area (Å²) in [6.07, 6.45) is 4.25. The van der Waals surface area contributed by atoms with Gasteiger partial charge in [-0.05, 0) is 73.7 Å². The highest BCUT2D eigenvalue weighted by molar-refractivity contribution is 7.97. The Morgan fingerprint density at radius 1 is 1.15 bits per heavy atom. The van der Waals surface area contributed by atoms with Crippen LogP contribution in [0, 0.1) is 6.92 Å². The maximum absolute atomic E-state index is 3.58. The van der Waals surface area contributed by atoms with E-state index in [1.807, 2.05) is 6.20 Å². The molecule has 0 spiro atoms. The van der Waals surface area contributed by atoms with Crippen LogP contribution >= 0.6 is 11.9 Å². The van der Waals surface area contributed by atoms with E-state index >= 15 is 0 Å². The monoisotopic (exact) mass is 378 g/mol. The molecule has 0 amide bonds. The molecule has 4 rings (SSSR count). The minimum Gasteiger partial charge on any atom is -0.361 e. The molecular formula is C22H26N4S. The number of benzene rings is 2. The average molecular weight is 379 g/mol. The topological polar surface area (TPSA) is 36.0 Å². The van der Waals surface area contributed by atoms with Gasteiger partial charge in [-0.1, -0.05) is 18.2 Å². The highest BCUT2D eigenvalue weighted by Crippen LogP contribution is 2.30. The van der Waals surface area contributed by atoms with Crippen molar-refractivity contribution in [1.82, 2.24) is 19.2 Å². The number of likely N-dealkylation sites (N-methyl/N-ethyl adjacent to an activating group) is 1. The van der Waals surface area contributed by atoms with Crippen molar-refractivity contribution in [3.05, 3.63) is 66.0 Å². The van der Waals surface area contributed by atoms with Crippen LogP contribution in [-0.4, -0.2) is 35.1 Å². The van der Waals surface area contributed by atoms with E-state index in [0.717, 1.165) is 6.54 Å². The molecule has 0 radical (unpaired) electrons. The Balaban J connectivity index is 1.53. The predicted molar refractivity (Wildman–Crippen MR) is 116 cm³/mol. The van der Waals surface area contributed by atoms with Gasteiger partial charge in [0.1, 0.15) is 0 Å². The van der Waals surface area contributed by atoms with Crippen molar-refractivity contribution < 1.29 is 0 Å². The highest BCUT2D eigenvalue weighted by Gasteiger charge is 2.19. The predicted octanol–water partition coefficient (Wildman–Crippen LogP) is 4.87. The van der Waals surface area contributed by atoms with Crippen molar-refractivity contribution in [2.45, 2.75) is 17.9 Å². The van der Waals surface area contributed by atoms with Crippen LogP contribution in [0.3, 0.4) is 0 Å². The summed E-state index contributed by atoms with van der Waals surface area (Å²) >= 11 is 1.69. The van der Waals surface area contributed by atoms with Gasteiger partial charge in [0.15, 0.2) is 0 Å². The number of nitrogens with one attached hydrogen (secondary N) is 2. The minimum absolute atomic E-state index is 0.304. The molecular weight excluding hydrogens is 352 g/mol. The fourth-order valence-corrected chi connectivity index (χ4v) is 4.38. The lowest BCUT2D eigenvalue weighted by atomic mass is 10.0. The molecule has 0 saturated heterocycles. The molecule has 2 aromatic carbocycles. The van der Waals surface area contributed by atoms with E-state index in [4.69, 9.17) is 0 Å². The molecule has 140 valence electrons. The highest BCUT2D eigenvalue weighted by atomic mass is 32.2. The van der Waals surface area contributed by atoms with E-state index in [1.54, 1.807) is 11.9 Å². The van der Waals surface area contributed by atoms with Gasteiger partial charge in [0.2, 0.25) is 0 Å². The third kappa shape index (κ3) is 3.63. The quantitative estimate of drug-likeness (QED) is 0.470. The van der Waals surface area contributed by atoms with E-state index in [2.05, 4.69) is 95.9 Å². The number of H-pyrrole nitrogens is 1. The van der Waals surface area contributed by atoms with Crippen LogP contribution in [0.5, 0.6) is 0 Å². The van der Waals surface area contributed by atoms with Gasteiger partial charge in [0, 0.05) is 53.3 Å². The van der Waals surface area contributed by atoms with Crippen molar-refractivity contribution in [1.29, 1.82) is 0 Å². The Morgan fingerprint density at radius 3 is 2.81 bits per heavy atom. The Morgan fingerprint density at radius 2 is 2.00 bits per heavy atom. The van der Waals surface area contributed by atoms with E-state index in [-0.39, 0.29) is 0 Å².